The third-order valence-electron chi connectivity index (χ3n) is 6.77. The highest BCUT2D eigenvalue weighted by Gasteiger charge is 2.63. The van der Waals surface area contributed by atoms with Crippen molar-refractivity contribution in [3.8, 4) is 0 Å². The molecule has 4 aliphatic rings. The Balaban J connectivity index is 1.67. The summed E-state index contributed by atoms with van der Waals surface area (Å²) in [4.78, 5) is 40.1. The van der Waals surface area contributed by atoms with Crippen LogP contribution in [-0.4, -0.2) is 33.8 Å². The number of hydrogen-bond acceptors (Lipinski definition) is 3. The first-order chi connectivity index (χ1) is 13.9. The van der Waals surface area contributed by atoms with Gasteiger partial charge in [0.25, 0.3) is 0 Å². The van der Waals surface area contributed by atoms with Crippen LogP contribution in [0, 0.1) is 17.8 Å². The number of nitrogens with zero attached hydrogens (tertiary/aromatic N) is 1. The van der Waals surface area contributed by atoms with Crippen molar-refractivity contribution in [1.82, 2.24) is 4.90 Å². The molecule has 1 heterocycles. The molecule has 5 nitrogen and oxygen atoms in total. The highest BCUT2D eigenvalue weighted by Crippen LogP contribution is 2.61. The Morgan fingerprint density at radius 2 is 1.24 bits per heavy atom. The van der Waals surface area contributed by atoms with E-state index in [9.17, 15) is 19.5 Å². The maximum atomic E-state index is 13.5. The molecule has 1 N–H and O–H groups in total. The van der Waals surface area contributed by atoms with Crippen LogP contribution in [0.4, 0.5) is 0 Å². The molecule has 6 rings (SSSR count). The molecular formula is C24H23NO4. The SMILES string of the molecule is CC(C)C[C@H](C(=O)O)N1C(=O)[C@H]2C3c4ccccc4C(c4ccccc43)[C@@H]2C1=O. The number of carboxylic acid groups (broad SMARTS) is 1. The van der Waals surface area contributed by atoms with E-state index >= 15 is 0 Å². The molecule has 2 aromatic carbocycles. The Morgan fingerprint density at radius 3 is 1.55 bits per heavy atom. The fourth-order valence-electron chi connectivity index (χ4n) is 5.77. The van der Waals surface area contributed by atoms with Crippen molar-refractivity contribution in [2.45, 2.75) is 38.1 Å². The molecule has 29 heavy (non-hydrogen) atoms. The van der Waals surface area contributed by atoms with Crippen molar-refractivity contribution in [2.75, 3.05) is 0 Å². The molecule has 3 atom stereocenters. The molecule has 0 radical (unpaired) electrons. The molecule has 2 bridgehead atoms. The standard InChI is InChI=1S/C24H23NO4/c1-12(2)11-17(24(28)29)25-22(26)20-18-13-7-3-4-8-14(13)19(21(20)23(25)27)16-10-6-5-9-15(16)18/h3-10,12,17-21H,11H2,1-2H3,(H,28,29)/t17-,18?,19?,20+,21+/m1/s1. The number of likely N-dealkylation sites (tertiary alicyclic amines) is 1. The van der Waals surface area contributed by atoms with E-state index in [2.05, 4.69) is 0 Å². The Hall–Kier alpha value is -2.95. The number of carbonyl (C=O) groups excluding carboxylic acids is 2. The van der Waals surface area contributed by atoms with Crippen LogP contribution in [0.15, 0.2) is 48.5 Å². The number of aliphatic carboxylic acids is 1. The first kappa shape index (κ1) is 18.1. The van der Waals surface area contributed by atoms with E-state index < -0.39 is 23.8 Å². The maximum absolute atomic E-state index is 13.5. The Labute approximate surface area is 169 Å². The summed E-state index contributed by atoms with van der Waals surface area (Å²) in [6.45, 7) is 3.81. The van der Waals surface area contributed by atoms with E-state index in [4.69, 9.17) is 0 Å². The minimum absolute atomic E-state index is 0.0606. The molecule has 2 aromatic rings. The van der Waals surface area contributed by atoms with Gasteiger partial charge in [0.05, 0.1) is 11.8 Å². The molecule has 1 aliphatic heterocycles. The van der Waals surface area contributed by atoms with Crippen LogP contribution >= 0.6 is 0 Å². The third-order valence-corrected chi connectivity index (χ3v) is 6.77. The molecule has 0 unspecified atom stereocenters. The third kappa shape index (κ3) is 2.36. The van der Waals surface area contributed by atoms with Crippen molar-refractivity contribution in [3.05, 3.63) is 70.8 Å². The van der Waals surface area contributed by atoms with E-state index in [0.29, 0.717) is 0 Å². The van der Waals surface area contributed by atoms with Gasteiger partial charge in [-0.15, -0.1) is 0 Å². The zero-order valence-corrected chi connectivity index (χ0v) is 16.4. The number of carbonyl (C=O) groups is 3. The van der Waals surface area contributed by atoms with Gasteiger partial charge in [0.2, 0.25) is 11.8 Å². The van der Waals surface area contributed by atoms with E-state index in [1.807, 2.05) is 62.4 Å². The molecule has 0 saturated carbocycles. The highest BCUT2D eigenvalue weighted by molar-refractivity contribution is 6.10. The number of benzene rings is 2. The van der Waals surface area contributed by atoms with Crippen molar-refractivity contribution in [2.24, 2.45) is 17.8 Å². The van der Waals surface area contributed by atoms with Crippen molar-refractivity contribution < 1.29 is 19.5 Å². The number of hydrogen-bond donors (Lipinski definition) is 1. The number of carboxylic acids is 1. The molecular weight excluding hydrogens is 366 g/mol. The fraction of sp³-hybridized carbons (Fsp3) is 0.375. The van der Waals surface area contributed by atoms with Crippen LogP contribution in [0.25, 0.3) is 0 Å². The molecule has 0 spiro atoms. The molecule has 1 fully saturated rings. The van der Waals surface area contributed by atoms with Crippen LogP contribution < -0.4 is 0 Å². The van der Waals surface area contributed by atoms with Gasteiger partial charge in [0.1, 0.15) is 6.04 Å². The molecule has 148 valence electrons. The van der Waals surface area contributed by atoms with Crippen molar-refractivity contribution in [1.29, 1.82) is 0 Å². The summed E-state index contributed by atoms with van der Waals surface area (Å²) in [6.07, 6.45) is 0.265. The van der Waals surface area contributed by atoms with Crippen LogP contribution in [0.2, 0.25) is 0 Å². The normalized spacial score (nSPS) is 27.6. The summed E-state index contributed by atoms with van der Waals surface area (Å²) in [7, 11) is 0. The second kappa shape index (κ2) is 6.28. The first-order valence-corrected chi connectivity index (χ1v) is 10.2. The Kier molecular flexibility index (Phi) is 3.92. The molecule has 3 aliphatic carbocycles. The second-order valence-corrected chi connectivity index (χ2v) is 8.79. The van der Waals surface area contributed by atoms with Gasteiger partial charge in [-0.2, -0.15) is 0 Å². The zero-order chi connectivity index (χ0) is 20.4. The Morgan fingerprint density at radius 1 is 0.862 bits per heavy atom. The Bertz CT molecular complexity index is 927. The second-order valence-electron chi connectivity index (χ2n) is 8.79. The van der Waals surface area contributed by atoms with E-state index in [1.165, 1.54) is 0 Å². The topological polar surface area (TPSA) is 74.7 Å². The smallest absolute Gasteiger partial charge is 0.326 e. The predicted molar refractivity (Wildman–Crippen MR) is 106 cm³/mol. The molecule has 5 heteroatoms. The number of imide groups is 1. The zero-order valence-electron chi connectivity index (χ0n) is 16.4. The lowest BCUT2D eigenvalue weighted by Gasteiger charge is -2.45. The number of rotatable bonds is 4. The average molecular weight is 389 g/mol. The summed E-state index contributed by atoms with van der Waals surface area (Å²) in [6, 6.07) is 14.9. The van der Waals surface area contributed by atoms with Crippen molar-refractivity contribution in [3.63, 3.8) is 0 Å². The van der Waals surface area contributed by atoms with Gasteiger partial charge in [0, 0.05) is 11.8 Å². The van der Waals surface area contributed by atoms with Gasteiger partial charge in [-0.25, -0.2) is 4.79 Å². The van der Waals surface area contributed by atoms with Gasteiger partial charge in [-0.3, -0.25) is 14.5 Å². The summed E-state index contributed by atoms with van der Waals surface area (Å²) in [5.74, 6) is -3.15. The quantitative estimate of drug-likeness (QED) is 0.814. The van der Waals surface area contributed by atoms with Gasteiger partial charge < -0.3 is 5.11 Å². The van der Waals surface area contributed by atoms with E-state index in [1.54, 1.807) is 0 Å². The molecule has 2 amide bonds. The van der Waals surface area contributed by atoms with Crippen LogP contribution in [0.3, 0.4) is 0 Å². The lowest BCUT2D eigenvalue weighted by Crippen LogP contribution is -2.46. The van der Waals surface area contributed by atoms with E-state index in [-0.39, 0.29) is 36.0 Å². The summed E-state index contributed by atoms with van der Waals surface area (Å²) in [5, 5.41) is 9.80. The van der Waals surface area contributed by atoms with Crippen LogP contribution in [0.1, 0.15) is 54.4 Å². The monoisotopic (exact) mass is 389 g/mol. The largest absolute Gasteiger partial charge is 0.480 e. The lowest BCUT2D eigenvalue weighted by molar-refractivity contribution is -0.155. The van der Waals surface area contributed by atoms with Crippen LogP contribution in [-0.2, 0) is 14.4 Å². The molecule has 0 aromatic heterocycles. The summed E-state index contributed by atoms with van der Waals surface area (Å²) >= 11 is 0. The van der Waals surface area contributed by atoms with Gasteiger partial charge in [-0.05, 0) is 34.6 Å². The first-order valence-electron chi connectivity index (χ1n) is 10.2. The van der Waals surface area contributed by atoms with Crippen molar-refractivity contribution >= 4 is 17.8 Å². The maximum Gasteiger partial charge on any atom is 0.326 e. The fourth-order valence-corrected chi connectivity index (χ4v) is 5.77. The lowest BCUT2D eigenvalue weighted by atomic mass is 9.55. The van der Waals surface area contributed by atoms with E-state index in [0.717, 1.165) is 27.2 Å². The number of amides is 2. The minimum Gasteiger partial charge on any atom is -0.480 e. The predicted octanol–water partition coefficient (Wildman–Crippen LogP) is 3.38. The van der Waals surface area contributed by atoms with Gasteiger partial charge >= 0.3 is 5.97 Å². The van der Waals surface area contributed by atoms with Gasteiger partial charge in [0.15, 0.2) is 0 Å². The summed E-state index contributed by atoms with van der Waals surface area (Å²) in [5.41, 5.74) is 4.37. The molecule has 1 saturated heterocycles. The minimum atomic E-state index is -1.11. The summed E-state index contributed by atoms with van der Waals surface area (Å²) < 4.78 is 0. The average Bonchev–Trinajstić information content (AvgIpc) is 2.97. The van der Waals surface area contributed by atoms with Gasteiger partial charge in [-0.1, -0.05) is 62.4 Å². The highest BCUT2D eigenvalue weighted by atomic mass is 16.4. The van der Waals surface area contributed by atoms with Crippen LogP contribution in [0.5, 0.6) is 0 Å².